The molecule has 0 aromatic rings. The average Bonchev–Trinajstić information content (AvgIpc) is 3.47. The van der Waals surface area contributed by atoms with Crippen LogP contribution in [0.5, 0.6) is 0 Å². The molecule has 81 heavy (non-hydrogen) atoms. The van der Waals surface area contributed by atoms with Gasteiger partial charge in [-0.1, -0.05) is 309 Å². The Kier molecular flexibility index (Phi) is 64.8. The summed E-state index contributed by atoms with van der Waals surface area (Å²) in [4.78, 5) is 38.2. The highest BCUT2D eigenvalue weighted by Gasteiger charge is 2.19. The van der Waals surface area contributed by atoms with Gasteiger partial charge in [0.15, 0.2) is 6.10 Å². The predicted molar refractivity (Wildman–Crippen MR) is 353 cm³/mol. The van der Waals surface area contributed by atoms with Crippen LogP contribution in [0.1, 0.15) is 316 Å². The normalized spacial score (nSPS) is 12.9. The zero-order valence-corrected chi connectivity index (χ0v) is 53.0. The van der Waals surface area contributed by atoms with E-state index < -0.39 is 12.1 Å². The summed E-state index contributed by atoms with van der Waals surface area (Å²) in [6.45, 7) is 6.32. The zero-order chi connectivity index (χ0) is 58.5. The Labute approximate surface area is 501 Å². The number of unbranched alkanes of at least 4 members (excludes halogenated alkanes) is 31. The molecule has 462 valence electrons. The second-order valence-electron chi connectivity index (χ2n) is 22.3. The fraction of sp³-hybridized carbons (Fsp3) is 0.693. The lowest BCUT2D eigenvalue weighted by molar-refractivity contribution is -0.166. The second kappa shape index (κ2) is 68.3. The molecule has 0 spiro atoms. The molecule has 0 heterocycles. The molecule has 0 bridgehead atoms. The van der Waals surface area contributed by atoms with E-state index >= 15 is 0 Å². The van der Waals surface area contributed by atoms with Crippen LogP contribution in [-0.2, 0) is 28.6 Å². The minimum absolute atomic E-state index is 0.0908. The third-order valence-electron chi connectivity index (χ3n) is 14.5. The van der Waals surface area contributed by atoms with Gasteiger partial charge in [-0.2, -0.15) is 0 Å². The molecule has 0 amide bonds. The topological polar surface area (TPSA) is 78.9 Å². The van der Waals surface area contributed by atoms with Gasteiger partial charge in [-0.15, -0.1) is 0 Å². The van der Waals surface area contributed by atoms with Crippen LogP contribution in [0.3, 0.4) is 0 Å². The molecule has 6 heteroatoms. The van der Waals surface area contributed by atoms with E-state index in [0.29, 0.717) is 19.3 Å². The van der Waals surface area contributed by atoms with Crippen LogP contribution in [-0.4, -0.2) is 37.2 Å². The van der Waals surface area contributed by atoms with Gasteiger partial charge in [0.1, 0.15) is 13.2 Å². The van der Waals surface area contributed by atoms with Gasteiger partial charge in [-0.25, -0.2) is 0 Å². The number of rotatable bonds is 61. The molecular formula is C75H126O6. The van der Waals surface area contributed by atoms with Crippen LogP contribution in [0, 0.1) is 0 Å². The van der Waals surface area contributed by atoms with Gasteiger partial charge in [-0.3, -0.25) is 14.4 Å². The number of carbonyl (C=O) groups excluding carboxylic acids is 3. The molecule has 0 rings (SSSR count). The molecule has 0 aliphatic heterocycles. The summed E-state index contributed by atoms with van der Waals surface area (Å²) < 4.78 is 16.8. The first-order chi connectivity index (χ1) is 40.0. The zero-order valence-electron chi connectivity index (χ0n) is 53.0. The van der Waals surface area contributed by atoms with Crippen LogP contribution >= 0.6 is 0 Å². The molecule has 0 fully saturated rings. The van der Waals surface area contributed by atoms with E-state index in [4.69, 9.17) is 14.2 Å². The van der Waals surface area contributed by atoms with E-state index in [1.165, 1.54) is 161 Å². The van der Waals surface area contributed by atoms with Crippen LogP contribution in [0.15, 0.2) is 122 Å². The number of allylic oxidation sites excluding steroid dienone is 19. The fourth-order valence-corrected chi connectivity index (χ4v) is 9.45. The van der Waals surface area contributed by atoms with Gasteiger partial charge < -0.3 is 14.2 Å². The van der Waals surface area contributed by atoms with Crippen LogP contribution in [0.4, 0.5) is 0 Å². The predicted octanol–water partition coefficient (Wildman–Crippen LogP) is 23.6. The standard InChI is InChI=1S/C75H126O6/c1-4-7-10-13-16-19-22-25-28-29-30-31-32-33-34-35-36-37-38-39-40-41-42-43-44-45-48-50-53-56-59-62-65-68-74(77)80-71-72(81-75(78)69-66-63-60-57-54-51-47-27-24-21-18-15-12-9-6-3)70-79-73(76)67-64-61-58-55-52-49-46-26-23-20-17-14-11-8-5-2/h8-9,11-12,17-18,20-22,25-27,29-30,46-47,54,57,63,66,72H,4-7,10,13-16,19,23-24,28,31-45,48-53,55-56,58-62,64-65,67-71H2,1-3H3/b11-8-,12-9-,20-17-,21-18-,25-22-,30-29-,46-26-,47-27-,57-54-,66-63-. The summed E-state index contributed by atoms with van der Waals surface area (Å²) in [7, 11) is 0. The van der Waals surface area contributed by atoms with Crippen molar-refractivity contribution in [2.24, 2.45) is 0 Å². The van der Waals surface area contributed by atoms with Crippen molar-refractivity contribution in [1.29, 1.82) is 0 Å². The number of esters is 3. The lowest BCUT2D eigenvalue weighted by Crippen LogP contribution is -2.30. The van der Waals surface area contributed by atoms with Crippen molar-refractivity contribution in [3.63, 3.8) is 0 Å². The van der Waals surface area contributed by atoms with Crippen LogP contribution < -0.4 is 0 Å². The van der Waals surface area contributed by atoms with Gasteiger partial charge in [0.05, 0.1) is 6.42 Å². The number of carbonyl (C=O) groups is 3. The molecule has 1 unspecified atom stereocenters. The summed E-state index contributed by atoms with van der Waals surface area (Å²) in [6, 6.07) is 0. The van der Waals surface area contributed by atoms with Crippen molar-refractivity contribution >= 4 is 17.9 Å². The first kappa shape index (κ1) is 76.8. The van der Waals surface area contributed by atoms with E-state index in [9.17, 15) is 14.4 Å². The van der Waals surface area contributed by atoms with E-state index in [-0.39, 0.29) is 31.6 Å². The van der Waals surface area contributed by atoms with E-state index in [1.807, 2.05) is 6.08 Å². The molecule has 0 saturated heterocycles. The minimum Gasteiger partial charge on any atom is -0.462 e. The molecular weight excluding hydrogens is 997 g/mol. The van der Waals surface area contributed by atoms with E-state index in [2.05, 4.69) is 130 Å². The Balaban J connectivity index is 4.22. The third kappa shape index (κ3) is 66.5. The molecule has 1 atom stereocenters. The maximum Gasteiger partial charge on any atom is 0.310 e. The molecule has 0 aromatic carbocycles. The Bertz CT molecular complexity index is 1670. The fourth-order valence-electron chi connectivity index (χ4n) is 9.45. The molecule has 0 aliphatic rings. The van der Waals surface area contributed by atoms with Crippen molar-refractivity contribution < 1.29 is 28.6 Å². The molecule has 0 saturated carbocycles. The SMILES string of the molecule is CC/C=C\C/C=C\C/C=C\C/C=C\C/C=C\CC(=O)OC(COC(=O)CCCCCCC/C=C\C/C=C\C/C=C\CC)COC(=O)CCCCCCCCCCCCCCCCCCCCCCC/C=C\C/C=C\CCCCCCC. The lowest BCUT2D eigenvalue weighted by Gasteiger charge is -2.18. The van der Waals surface area contributed by atoms with E-state index in [0.717, 1.165) is 109 Å². The second-order valence-corrected chi connectivity index (χ2v) is 22.3. The van der Waals surface area contributed by atoms with Crippen LogP contribution in [0.25, 0.3) is 0 Å². The number of hydrogen-bond acceptors (Lipinski definition) is 6. The Morgan fingerprint density at radius 2 is 0.519 bits per heavy atom. The van der Waals surface area contributed by atoms with E-state index in [1.54, 1.807) is 6.08 Å². The highest BCUT2D eigenvalue weighted by Crippen LogP contribution is 2.17. The maximum absolute atomic E-state index is 12.8. The van der Waals surface area contributed by atoms with Crippen molar-refractivity contribution in [1.82, 2.24) is 0 Å². The molecule has 0 aromatic heterocycles. The third-order valence-corrected chi connectivity index (χ3v) is 14.5. The molecule has 0 radical (unpaired) electrons. The summed E-state index contributed by atoms with van der Waals surface area (Å²) in [5.74, 6) is -1.06. The van der Waals surface area contributed by atoms with Crippen molar-refractivity contribution in [2.45, 2.75) is 322 Å². The van der Waals surface area contributed by atoms with Gasteiger partial charge >= 0.3 is 17.9 Å². The summed E-state index contributed by atoms with van der Waals surface area (Å²) >= 11 is 0. The lowest BCUT2D eigenvalue weighted by atomic mass is 10.0. The van der Waals surface area contributed by atoms with Gasteiger partial charge in [0, 0.05) is 12.8 Å². The average molecular weight is 1120 g/mol. The number of ether oxygens (including phenoxy) is 3. The minimum atomic E-state index is -0.842. The largest absolute Gasteiger partial charge is 0.462 e. The Hall–Kier alpha value is -4.19. The van der Waals surface area contributed by atoms with Crippen molar-refractivity contribution in [2.75, 3.05) is 13.2 Å². The van der Waals surface area contributed by atoms with Crippen molar-refractivity contribution in [3.8, 4) is 0 Å². The summed E-state index contributed by atoms with van der Waals surface area (Å²) in [5.41, 5.74) is 0. The highest BCUT2D eigenvalue weighted by molar-refractivity contribution is 5.72. The number of hydrogen-bond donors (Lipinski definition) is 0. The molecule has 0 N–H and O–H groups in total. The maximum atomic E-state index is 12.8. The molecule has 0 aliphatic carbocycles. The quantitative estimate of drug-likeness (QED) is 0.0261. The molecule has 6 nitrogen and oxygen atoms in total. The van der Waals surface area contributed by atoms with Gasteiger partial charge in [0.25, 0.3) is 0 Å². The monoisotopic (exact) mass is 1120 g/mol. The smallest absolute Gasteiger partial charge is 0.310 e. The first-order valence-corrected chi connectivity index (χ1v) is 34.0. The van der Waals surface area contributed by atoms with Gasteiger partial charge in [-0.05, 0) is 109 Å². The van der Waals surface area contributed by atoms with Crippen molar-refractivity contribution in [3.05, 3.63) is 122 Å². The Morgan fingerprint density at radius 1 is 0.272 bits per heavy atom. The highest BCUT2D eigenvalue weighted by atomic mass is 16.6. The summed E-state index contributed by atoms with van der Waals surface area (Å²) in [6.07, 6.45) is 95.5. The summed E-state index contributed by atoms with van der Waals surface area (Å²) in [5, 5.41) is 0. The van der Waals surface area contributed by atoms with Crippen LogP contribution in [0.2, 0.25) is 0 Å². The Morgan fingerprint density at radius 3 is 0.815 bits per heavy atom. The van der Waals surface area contributed by atoms with Gasteiger partial charge in [0.2, 0.25) is 0 Å². The first-order valence-electron chi connectivity index (χ1n) is 34.0.